The maximum Gasteiger partial charge on any atom is 0.256 e. The first kappa shape index (κ1) is 14.3. The van der Waals surface area contributed by atoms with E-state index in [1.807, 2.05) is 50.2 Å². The molecule has 1 aromatic carbocycles. The quantitative estimate of drug-likeness (QED) is 0.691. The Bertz CT molecular complexity index is 732. The molecule has 0 aliphatic heterocycles. The molecule has 0 amide bonds. The van der Waals surface area contributed by atoms with Crippen LogP contribution in [-0.4, -0.2) is 24.1 Å². The van der Waals surface area contributed by atoms with Gasteiger partial charge in [-0.2, -0.15) is 4.98 Å². The topological polar surface area (TPSA) is 55.0 Å². The maximum absolute atomic E-state index is 5.92. The number of halogens is 1. The molecule has 5 heteroatoms. The van der Waals surface area contributed by atoms with Crippen LogP contribution in [0.1, 0.15) is 18.3 Å². The minimum atomic E-state index is 0. The van der Waals surface area contributed by atoms with Crippen LogP contribution in [0.25, 0.3) is 17.1 Å². The van der Waals surface area contributed by atoms with Gasteiger partial charge in [0.15, 0.2) is 0 Å². The predicted molar refractivity (Wildman–Crippen MR) is 77.6 cm³/mol. The van der Waals surface area contributed by atoms with Crippen molar-refractivity contribution in [2.24, 2.45) is 5.73 Å². The summed E-state index contributed by atoms with van der Waals surface area (Å²) in [5, 5.41) is 0. The molecule has 0 bridgehead atoms. The summed E-state index contributed by atoms with van der Waals surface area (Å²) >= 11 is 0. The van der Waals surface area contributed by atoms with E-state index in [9.17, 15) is 0 Å². The minimum Gasteiger partial charge on any atom is -1.00 e. The Labute approximate surface area is 124 Å². The number of hydrogen-bond donors (Lipinski definition) is 1. The number of aromatic nitrogens is 2. The highest BCUT2D eigenvalue weighted by atomic mass is 35.5. The molecule has 0 radical (unpaired) electrons. The standard InChI is InChI=1S/C15H15N4.ClH/c1-9-7-12-13(8-10(9)16)18-15-11(17-12)5-4-6-14(15)19(2)3;/h4-6,8H,16H2,1-3H3;1H/q+1;/p-1. The van der Waals surface area contributed by atoms with Gasteiger partial charge in [-0.3, -0.25) is 0 Å². The monoisotopic (exact) mass is 286 g/mol. The normalized spacial score (nSPS) is 12.8. The molecule has 1 aliphatic carbocycles. The Morgan fingerprint density at radius 2 is 1.95 bits per heavy atom. The number of anilines is 1. The van der Waals surface area contributed by atoms with Crippen LogP contribution in [0.15, 0.2) is 29.5 Å². The number of rotatable bonds is 1. The number of para-hydroxylation sites is 1. The molecular weight excluding hydrogens is 272 g/mol. The van der Waals surface area contributed by atoms with Gasteiger partial charge in [-0.05, 0) is 19.1 Å². The number of nitrogens with two attached hydrogens (primary N) is 1. The molecule has 2 aromatic rings. The molecule has 1 heterocycles. The van der Waals surface area contributed by atoms with Crippen molar-refractivity contribution in [3.05, 3.63) is 46.9 Å². The molecule has 0 atom stereocenters. The lowest BCUT2D eigenvalue weighted by molar-refractivity contribution is -0.00000410. The second-order valence-corrected chi connectivity index (χ2v) is 4.85. The highest BCUT2D eigenvalue weighted by Crippen LogP contribution is 2.26. The van der Waals surface area contributed by atoms with E-state index in [0.29, 0.717) is 5.70 Å². The van der Waals surface area contributed by atoms with E-state index in [1.165, 1.54) is 0 Å². The summed E-state index contributed by atoms with van der Waals surface area (Å²) in [7, 11) is 3.99. The zero-order valence-electron chi connectivity index (χ0n) is 11.6. The smallest absolute Gasteiger partial charge is 0.256 e. The van der Waals surface area contributed by atoms with E-state index in [4.69, 9.17) is 5.73 Å². The molecule has 1 aliphatic rings. The summed E-state index contributed by atoms with van der Waals surface area (Å²) < 4.78 is 0. The second-order valence-electron chi connectivity index (χ2n) is 4.85. The van der Waals surface area contributed by atoms with Gasteiger partial charge in [0.2, 0.25) is 5.69 Å². The first-order valence-corrected chi connectivity index (χ1v) is 6.12. The molecule has 3 rings (SSSR count). The summed E-state index contributed by atoms with van der Waals surface area (Å²) in [6, 6.07) is 5.99. The molecule has 0 unspecified atom stereocenters. The fraction of sp³-hybridized carbons (Fsp3) is 0.200. The lowest BCUT2D eigenvalue weighted by Gasteiger charge is -2.14. The molecule has 4 nitrogen and oxygen atoms in total. The van der Waals surface area contributed by atoms with Gasteiger partial charge in [0.1, 0.15) is 22.9 Å². The lowest BCUT2D eigenvalue weighted by Crippen LogP contribution is -3.00. The summed E-state index contributed by atoms with van der Waals surface area (Å²) in [4.78, 5) is 11.3. The van der Waals surface area contributed by atoms with Gasteiger partial charge in [-0.25, -0.2) is 4.98 Å². The van der Waals surface area contributed by atoms with Gasteiger partial charge in [0.25, 0.3) is 5.69 Å². The first-order chi connectivity index (χ1) is 9.06. The lowest BCUT2D eigenvalue weighted by atomic mass is 10.0. The third-order valence-electron chi connectivity index (χ3n) is 3.21. The fourth-order valence-electron chi connectivity index (χ4n) is 2.13. The summed E-state index contributed by atoms with van der Waals surface area (Å²) in [5.41, 5.74) is 11.9. The largest absolute Gasteiger partial charge is 1.00 e. The maximum atomic E-state index is 5.92. The van der Waals surface area contributed by atoms with Crippen molar-refractivity contribution >= 4 is 22.8 Å². The Balaban J connectivity index is 0.00000147. The highest BCUT2D eigenvalue weighted by Gasteiger charge is 2.22. The van der Waals surface area contributed by atoms with E-state index >= 15 is 0 Å². The molecule has 1 aromatic heterocycles. The minimum absolute atomic E-state index is 0. The average Bonchev–Trinajstić information content (AvgIpc) is 2.37. The third kappa shape index (κ3) is 2.20. The third-order valence-corrected chi connectivity index (χ3v) is 3.21. The van der Waals surface area contributed by atoms with E-state index in [1.54, 1.807) is 0 Å². The SMILES string of the molecule is CC1=[C+]c2nc3cccc(N(C)C)c3nc2C=C1N.[Cl-]. The fourth-order valence-corrected chi connectivity index (χ4v) is 2.13. The highest BCUT2D eigenvalue weighted by molar-refractivity contribution is 5.89. The Hall–Kier alpha value is -2.16. The van der Waals surface area contributed by atoms with Crippen LogP contribution in [-0.2, 0) is 0 Å². The van der Waals surface area contributed by atoms with Crippen molar-refractivity contribution < 1.29 is 12.4 Å². The molecule has 0 fully saturated rings. The molecule has 20 heavy (non-hydrogen) atoms. The van der Waals surface area contributed by atoms with Gasteiger partial charge in [-0.1, -0.05) is 6.07 Å². The van der Waals surface area contributed by atoms with Gasteiger partial charge in [-0.15, -0.1) is 0 Å². The van der Waals surface area contributed by atoms with Gasteiger partial charge < -0.3 is 23.0 Å². The van der Waals surface area contributed by atoms with Crippen LogP contribution in [0.2, 0.25) is 0 Å². The van der Waals surface area contributed by atoms with E-state index in [0.717, 1.165) is 33.7 Å². The Kier molecular flexibility index (Phi) is 3.62. The number of nitrogens with zero attached hydrogens (tertiary/aromatic N) is 3. The van der Waals surface area contributed by atoms with Crippen LogP contribution >= 0.6 is 0 Å². The van der Waals surface area contributed by atoms with Crippen LogP contribution in [0.3, 0.4) is 0 Å². The zero-order chi connectivity index (χ0) is 13.6. The molecule has 0 spiro atoms. The van der Waals surface area contributed by atoms with Crippen molar-refractivity contribution in [3.8, 4) is 0 Å². The second kappa shape index (κ2) is 5.08. The van der Waals surface area contributed by atoms with Crippen LogP contribution in [0, 0.1) is 6.08 Å². The van der Waals surface area contributed by atoms with Crippen molar-refractivity contribution in [2.75, 3.05) is 19.0 Å². The molecule has 0 saturated carbocycles. The van der Waals surface area contributed by atoms with Crippen molar-refractivity contribution in [1.82, 2.24) is 9.97 Å². The number of allylic oxidation sites excluding steroid dienone is 1. The average molecular weight is 287 g/mol. The van der Waals surface area contributed by atoms with Gasteiger partial charge >= 0.3 is 0 Å². The van der Waals surface area contributed by atoms with Crippen LogP contribution in [0.4, 0.5) is 5.69 Å². The molecule has 102 valence electrons. The van der Waals surface area contributed by atoms with E-state index in [2.05, 4.69) is 16.0 Å². The van der Waals surface area contributed by atoms with Gasteiger partial charge in [0, 0.05) is 14.1 Å². The van der Waals surface area contributed by atoms with Crippen molar-refractivity contribution in [3.63, 3.8) is 0 Å². The van der Waals surface area contributed by atoms with Crippen molar-refractivity contribution in [2.45, 2.75) is 6.92 Å². The zero-order valence-corrected chi connectivity index (χ0v) is 12.4. The number of fused-ring (bicyclic) bond motifs is 2. The molecule has 2 N–H and O–H groups in total. The summed E-state index contributed by atoms with van der Waals surface area (Å²) in [6.45, 7) is 1.93. The van der Waals surface area contributed by atoms with Crippen molar-refractivity contribution in [1.29, 1.82) is 0 Å². The molecule has 0 saturated heterocycles. The number of hydrogen-bond acceptors (Lipinski definition) is 4. The first-order valence-electron chi connectivity index (χ1n) is 6.12. The van der Waals surface area contributed by atoms with Crippen LogP contribution < -0.4 is 23.0 Å². The Morgan fingerprint density at radius 1 is 1.20 bits per heavy atom. The van der Waals surface area contributed by atoms with Gasteiger partial charge in [0.05, 0.1) is 17.3 Å². The van der Waals surface area contributed by atoms with E-state index in [-0.39, 0.29) is 12.4 Å². The van der Waals surface area contributed by atoms with E-state index < -0.39 is 0 Å². The summed E-state index contributed by atoms with van der Waals surface area (Å²) in [6.07, 6.45) is 5.05. The Morgan fingerprint density at radius 3 is 2.65 bits per heavy atom. The predicted octanol–water partition coefficient (Wildman–Crippen LogP) is -0.889. The summed E-state index contributed by atoms with van der Waals surface area (Å²) in [5.74, 6) is 0. The van der Waals surface area contributed by atoms with Crippen LogP contribution in [0.5, 0.6) is 0 Å². The number of benzene rings is 1. The molecular formula is C15H15ClN4.